The molecule has 1 fully saturated rings. The molecule has 4 atom stereocenters. The first-order valence-electron chi connectivity index (χ1n) is 10.7. The number of rotatable bonds is 10. The summed E-state index contributed by atoms with van der Waals surface area (Å²) in [5.41, 5.74) is 1.000. The highest BCUT2D eigenvalue weighted by Gasteiger charge is 2.46. The fourth-order valence-corrected chi connectivity index (χ4v) is 3.56. The minimum absolute atomic E-state index is 0.214. The predicted molar refractivity (Wildman–Crippen MR) is 117 cm³/mol. The van der Waals surface area contributed by atoms with Crippen molar-refractivity contribution < 1.29 is 14.7 Å². The second-order valence-corrected chi connectivity index (χ2v) is 7.72. The van der Waals surface area contributed by atoms with E-state index in [4.69, 9.17) is 0 Å². The molecule has 2 N–H and O–H groups in total. The number of carbonyl (C=O) groups is 2. The van der Waals surface area contributed by atoms with Gasteiger partial charge in [-0.1, -0.05) is 39.2 Å². The molecule has 1 aromatic rings. The molecule has 31 heavy (non-hydrogen) atoms. The van der Waals surface area contributed by atoms with Crippen molar-refractivity contribution in [2.45, 2.75) is 51.8 Å². The number of carbonyl (C=O) groups excluding carboxylic acids is 2. The van der Waals surface area contributed by atoms with Crippen LogP contribution >= 0.6 is 0 Å². The molecule has 2 amide bonds. The van der Waals surface area contributed by atoms with Crippen LogP contribution < -0.4 is 5.32 Å². The van der Waals surface area contributed by atoms with Crippen LogP contribution in [0.5, 0.6) is 0 Å². The number of likely N-dealkylation sites (tertiary alicyclic amines) is 1. The molecule has 1 saturated heterocycles. The van der Waals surface area contributed by atoms with Crippen LogP contribution in [0, 0.1) is 23.2 Å². The van der Waals surface area contributed by atoms with Crippen molar-refractivity contribution in [3.8, 4) is 6.07 Å². The highest BCUT2D eigenvalue weighted by molar-refractivity contribution is 5.94. The third kappa shape index (κ3) is 6.22. The summed E-state index contributed by atoms with van der Waals surface area (Å²) in [5, 5.41) is 31.5. The van der Waals surface area contributed by atoms with E-state index in [0.29, 0.717) is 24.3 Å². The molecule has 0 aromatic heterocycles. The standard InChI is InChI=1S/C23H31N5O3/c1-4-6-7-8-14-28-22(30)19(15-24)16(3)20(23(28)31)27-26-18-11-9-17(10-12-18)21(29)25-13-5-2/h5,9-12,16,19-20,23,31H,2,4,6-8,13-14H2,1,3H3,(H,25,29)/t16-,19+,20+,23+/m1/s1. The first-order valence-corrected chi connectivity index (χ1v) is 10.7. The molecule has 0 radical (unpaired) electrons. The van der Waals surface area contributed by atoms with Crippen molar-refractivity contribution in [1.82, 2.24) is 10.2 Å². The summed E-state index contributed by atoms with van der Waals surface area (Å²) >= 11 is 0. The lowest BCUT2D eigenvalue weighted by molar-refractivity contribution is -0.157. The van der Waals surface area contributed by atoms with Crippen LogP contribution in [0.4, 0.5) is 5.69 Å². The van der Waals surface area contributed by atoms with Gasteiger partial charge >= 0.3 is 0 Å². The molecule has 2 rings (SSSR count). The maximum atomic E-state index is 12.7. The van der Waals surface area contributed by atoms with E-state index in [0.717, 1.165) is 25.7 Å². The predicted octanol–water partition coefficient (Wildman–Crippen LogP) is 3.57. The lowest BCUT2D eigenvalue weighted by Crippen LogP contribution is -2.58. The molecule has 0 spiro atoms. The van der Waals surface area contributed by atoms with Crippen molar-refractivity contribution in [3.63, 3.8) is 0 Å². The van der Waals surface area contributed by atoms with Gasteiger partial charge in [0.25, 0.3) is 5.91 Å². The van der Waals surface area contributed by atoms with Crippen molar-refractivity contribution in [2.24, 2.45) is 22.1 Å². The largest absolute Gasteiger partial charge is 0.371 e. The summed E-state index contributed by atoms with van der Waals surface area (Å²) in [6, 6.07) is 7.94. The number of aliphatic hydroxyl groups excluding tert-OH is 1. The number of unbranched alkanes of at least 4 members (excludes halogenated alkanes) is 3. The Bertz CT molecular complexity index is 831. The lowest BCUT2D eigenvalue weighted by atomic mass is 9.82. The van der Waals surface area contributed by atoms with Crippen LogP contribution in [0.2, 0.25) is 0 Å². The zero-order valence-electron chi connectivity index (χ0n) is 18.2. The van der Waals surface area contributed by atoms with Gasteiger partial charge in [-0.05, 0) is 30.7 Å². The van der Waals surface area contributed by atoms with Gasteiger partial charge in [0.2, 0.25) is 5.91 Å². The SMILES string of the molecule is C=CCNC(=O)c1ccc(N=N[C@H]2[C@H](C)[C@H](C#N)C(=O)N(CCCCCC)[C@H]2O)cc1. The maximum absolute atomic E-state index is 12.7. The number of hydrogen-bond donors (Lipinski definition) is 2. The van der Waals surface area contributed by atoms with Crippen LogP contribution in [0.25, 0.3) is 0 Å². The number of amides is 2. The molecule has 1 aliphatic rings. The van der Waals surface area contributed by atoms with E-state index in [9.17, 15) is 20.0 Å². The number of hydrogen-bond acceptors (Lipinski definition) is 6. The highest BCUT2D eigenvalue weighted by Crippen LogP contribution is 2.31. The minimum atomic E-state index is -1.12. The Labute approximate surface area is 183 Å². The number of piperidine rings is 1. The van der Waals surface area contributed by atoms with Gasteiger partial charge in [-0.3, -0.25) is 9.59 Å². The second kappa shape index (κ2) is 12.0. The third-order valence-electron chi connectivity index (χ3n) is 5.47. The Morgan fingerprint density at radius 1 is 1.32 bits per heavy atom. The quantitative estimate of drug-likeness (QED) is 0.338. The molecular formula is C23H31N5O3. The van der Waals surface area contributed by atoms with E-state index in [1.54, 1.807) is 37.3 Å². The van der Waals surface area contributed by atoms with Gasteiger partial charge in [-0.15, -0.1) is 6.58 Å². The topological polar surface area (TPSA) is 118 Å². The summed E-state index contributed by atoms with van der Waals surface area (Å²) < 4.78 is 0. The Hall–Kier alpha value is -3.05. The van der Waals surface area contributed by atoms with Crippen LogP contribution in [0.15, 0.2) is 47.1 Å². The van der Waals surface area contributed by atoms with Crippen LogP contribution in [-0.2, 0) is 4.79 Å². The maximum Gasteiger partial charge on any atom is 0.251 e. The Kier molecular flexibility index (Phi) is 9.35. The van der Waals surface area contributed by atoms with E-state index < -0.39 is 24.1 Å². The van der Waals surface area contributed by atoms with Crippen LogP contribution in [-0.4, -0.2) is 47.2 Å². The minimum Gasteiger partial charge on any atom is -0.371 e. The summed E-state index contributed by atoms with van der Waals surface area (Å²) in [6.07, 6.45) is 4.33. The van der Waals surface area contributed by atoms with Crippen molar-refractivity contribution >= 4 is 17.5 Å². The van der Waals surface area contributed by atoms with Gasteiger partial charge in [-0.2, -0.15) is 15.5 Å². The summed E-state index contributed by atoms with van der Waals surface area (Å²) in [7, 11) is 0. The third-order valence-corrected chi connectivity index (χ3v) is 5.47. The average molecular weight is 426 g/mol. The van der Waals surface area contributed by atoms with Gasteiger partial charge in [0.1, 0.15) is 12.0 Å². The van der Waals surface area contributed by atoms with Crippen molar-refractivity contribution in [2.75, 3.05) is 13.1 Å². The molecule has 1 aliphatic heterocycles. The fraction of sp³-hybridized carbons (Fsp3) is 0.522. The molecular weight excluding hydrogens is 394 g/mol. The number of nitriles is 1. The normalized spacial score (nSPS) is 23.5. The van der Waals surface area contributed by atoms with E-state index in [2.05, 4.69) is 35.1 Å². The van der Waals surface area contributed by atoms with Gasteiger partial charge < -0.3 is 15.3 Å². The molecule has 166 valence electrons. The Morgan fingerprint density at radius 2 is 2.03 bits per heavy atom. The molecule has 8 nitrogen and oxygen atoms in total. The van der Waals surface area contributed by atoms with E-state index >= 15 is 0 Å². The van der Waals surface area contributed by atoms with Crippen LogP contribution in [0.3, 0.4) is 0 Å². The number of azo groups is 1. The number of benzene rings is 1. The van der Waals surface area contributed by atoms with Gasteiger partial charge in [-0.25, -0.2) is 0 Å². The zero-order valence-corrected chi connectivity index (χ0v) is 18.2. The second-order valence-electron chi connectivity index (χ2n) is 7.72. The molecule has 1 heterocycles. The average Bonchev–Trinajstić information content (AvgIpc) is 2.77. The van der Waals surface area contributed by atoms with Crippen LogP contribution in [0.1, 0.15) is 49.9 Å². The summed E-state index contributed by atoms with van der Waals surface area (Å²) in [4.78, 5) is 26.0. The highest BCUT2D eigenvalue weighted by atomic mass is 16.3. The van der Waals surface area contributed by atoms with E-state index in [1.807, 2.05) is 0 Å². The molecule has 0 bridgehead atoms. The number of nitrogens with one attached hydrogen (secondary N) is 1. The Morgan fingerprint density at radius 3 is 2.65 bits per heavy atom. The zero-order chi connectivity index (χ0) is 22.8. The smallest absolute Gasteiger partial charge is 0.251 e. The van der Waals surface area contributed by atoms with E-state index in [-0.39, 0.29) is 11.8 Å². The van der Waals surface area contributed by atoms with Crippen molar-refractivity contribution in [1.29, 1.82) is 5.26 Å². The molecule has 1 aromatic carbocycles. The van der Waals surface area contributed by atoms with Crippen molar-refractivity contribution in [3.05, 3.63) is 42.5 Å². The molecule has 0 saturated carbocycles. The number of aliphatic hydroxyl groups is 1. The Balaban J connectivity index is 2.12. The fourth-order valence-electron chi connectivity index (χ4n) is 3.56. The summed E-state index contributed by atoms with van der Waals surface area (Å²) in [5.74, 6) is -1.89. The van der Waals surface area contributed by atoms with Gasteiger partial charge in [0.05, 0.1) is 11.8 Å². The molecule has 8 heteroatoms. The summed E-state index contributed by atoms with van der Waals surface area (Å²) in [6.45, 7) is 8.17. The first kappa shape index (κ1) is 24.2. The molecule has 0 aliphatic carbocycles. The monoisotopic (exact) mass is 425 g/mol. The molecule has 0 unspecified atom stereocenters. The first-order chi connectivity index (χ1) is 14.9. The number of nitrogens with zero attached hydrogens (tertiary/aromatic N) is 4. The van der Waals surface area contributed by atoms with Gasteiger partial charge in [0.15, 0.2) is 6.23 Å². The van der Waals surface area contributed by atoms with E-state index in [1.165, 1.54) is 4.90 Å². The lowest BCUT2D eigenvalue weighted by Gasteiger charge is -2.41. The van der Waals surface area contributed by atoms with Gasteiger partial charge in [0, 0.05) is 24.6 Å².